The van der Waals surface area contributed by atoms with Gasteiger partial charge in [0.15, 0.2) is 6.61 Å². The number of hydrogen-bond acceptors (Lipinski definition) is 7. The van der Waals surface area contributed by atoms with Crippen LogP contribution in [0.2, 0.25) is 10.0 Å². The minimum absolute atomic E-state index is 0.260. The van der Waals surface area contributed by atoms with E-state index in [1.807, 2.05) is 0 Å². The Balaban J connectivity index is 1.32. The molecule has 13 heteroatoms. The summed E-state index contributed by atoms with van der Waals surface area (Å²) in [6, 6.07) is 16.7. The summed E-state index contributed by atoms with van der Waals surface area (Å²) in [6.45, 7) is -0.363. The number of benzene rings is 3. The number of halogens is 3. The van der Waals surface area contributed by atoms with E-state index in [9.17, 15) is 23.6 Å². The molecule has 0 bridgehead atoms. The predicted octanol–water partition coefficient (Wildman–Crippen LogP) is 5.70. The summed E-state index contributed by atoms with van der Waals surface area (Å²) in [5, 5.41) is 2.99. The molecular formula is C28H18Cl2FN3O5S2. The maximum Gasteiger partial charge on any atom is 0.305 e. The lowest BCUT2D eigenvalue weighted by Gasteiger charge is -2.30. The maximum atomic E-state index is 13.9. The minimum atomic E-state index is -0.869. The number of nitrogens with zero attached hydrogens (tertiary/aromatic N) is 1. The number of carbonyl (C=O) groups excluding carboxylic acids is 3. The highest BCUT2D eigenvalue weighted by atomic mass is 35.5. The van der Waals surface area contributed by atoms with Crippen LogP contribution in [-0.4, -0.2) is 34.6 Å². The Bertz CT molecular complexity index is 1760. The molecule has 0 saturated carbocycles. The third kappa shape index (κ3) is 5.14. The Hall–Kier alpha value is -3.64. The van der Waals surface area contributed by atoms with E-state index in [-0.39, 0.29) is 22.2 Å². The first-order valence-electron chi connectivity index (χ1n) is 12.2. The van der Waals surface area contributed by atoms with Gasteiger partial charge in [0, 0.05) is 22.0 Å². The summed E-state index contributed by atoms with van der Waals surface area (Å²) in [4.78, 5) is 56.6. The van der Waals surface area contributed by atoms with Crippen molar-refractivity contribution in [2.45, 2.75) is 16.2 Å². The lowest BCUT2D eigenvalue weighted by atomic mass is 9.82. The lowest BCUT2D eigenvalue weighted by molar-refractivity contribution is -0.122. The lowest BCUT2D eigenvalue weighted by Crippen LogP contribution is -2.32. The highest BCUT2D eigenvalue weighted by molar-refractivity contribution is 8.00. The molecule has 8 nitrogen and oxygen atoms in total. The van der Waals surface area contributed by atoms with E-state index in [2.05, 4.69) is 10.3 Å². The molecule has 2 aliphatic heterocycles. The average molecular weight is 631 g/mol. The van der Waals surface area contributed by atoms with Crippen molar-refractivity contribution >= 4 is 75.4 Å². The van der Waals surface area contributed by atoms with Gasteiger partial charge in [0.2, 0.25) is 11.8 Å². The predicted molar refractivity (Wildman–Crippen MR) is 156 cm³/mol. The molecule has 4 aromatic rings. The average Bonchev–Trinajstić information content (AvgIpc) is 3.44. The van der Waals surface area contributed by atoms with Crippen LogP contribution in [0.1, 0.15) is 16.4 Å². The second-order valence-corrected chi connectivity index (χ2v) is 12.2. The molecule has 2 aliphatic rings. The molecule has 1 aromatic heterocycles. The van der Waals surface area contributed by atoms with Gasteiger partial charge >= 0.3 is 4.87 Å². The molecule has 1 saturated heterocycles. The van der Waals surface area contributed by atoms with Crippen LogP contribution in [-0.2, 0) is 14.4 Å². The zero-order chi connectivity index (χ0) is 28.8. The molecule has 3 heterocycles. The maximum absolute atomic E-state index is 13.9. The van der Waals surface area contributed by atoms with E-state index in [1.165, 1.54) is 30.3 Å². The first-order chi connectivity index (χ1) is 19.7. The number of nitrogens with one attached hydrogen (secondary N) is 2. The minimum Gasteiger partial charge on any atom is -0.483 e. The largest absolute Gasteiger partial charge is 0.483 e. The Kier molecular flexibility index (Phi) is 7.37. The molecule has 0 radical (unpaired) electrons. The number of aromatic nitrogens is 1. The molecule has 0 aliphatic carbocycles. The Morgan fingerprint density at radius 3 is 2.51 bits per heavy atom. The summed E-state index contributed by atoms with van der Waals surface area (Å²) in [6.07, 6.45) is 0. The number of carbonyl (C=O) groups is 3. The molecule has 2 N–H and O–H groups in total. The molecule has 0 unspecified atom stereocenters. The van der Waals surface area contributed by atoms with Gasteiger partial charge in [0.1, 0.15) is 16.8 Å². The van der Waals surface area contributed by atoms with Gasteiger partial charge in [-0.05, 0) is 48.5 Å². The van der Waals surface area contributed by atoms with Crippen molar-refractivity contribution in [2.75, 3.05) is 16.8 Å². The summed E-state index contributed by atoms with van der Waals surface area (Å²) in [5.74, 6) is -3.15. The summed E-state index contributed by atoms with van der Waals surface area (Å²) >= 11 is 14.1. The molecule has 3 amide bonds. The highest BCUT2D eigenvalue weighted by Gasteiger charge is 2.56. The Morgan fingerprint density at radius 2 is 1.76 bits per heavy atom. The third-order valence-corrected chi connectivity index (χ3v) is 9.87. The number of rotatable bonds is 6. The van der Waals surface area contributed by atoms with E-state index in [4.69, 9.17) is 27.9 Å². The zero-order valence-corrected chi connectivity index (χ0v) is 23.9. The second kappa shape index (κ2) is 11.0. The van der Waals surface area contributed by atoms with Crippen molar-refractivity contribution in [2.24, 2.45) is 5.92 Å². The normalized spacial score (nSPS) is 19.6. The van der Waals surface area contributed by atoms with Crippen LogP contribution >= 0.6 is 46.3 Å². The number of ether oxygens (including phenoxy) is 1. The summed E-state index contributed by atoms with van der Waals surface area (Å²) in [5.41, 5.74) is 1.24. The van der Waals surface area contributed by atoms with Crippen molar-refractivity contribution in [3.05, 3.63) is 103 Å². The van der Waals surface area contributed by atoms with Crippen molar-refractivity contribution in [3.63, 3.8) is 0 Å². The number of anilines is 2. The number of thioether (sulfide) groups is 1. The monoisotopic (exact) mass is 629 g/mol. The molecule has 3 aromatic carbocycles. The van der Waals surface area contributed by atoms with Gasteiger partial charge in [0.25, 0.3) is 5.91 Å². The van der Waals surface area contributed by atoms with Crippen LogP contribution in [0, 0.1) is 11.7 Å². The molecule has 3 atom stereocenters. The molecule has 208 valence electrons. The van der Waals surface area contributed by atoms with E-state index >= 15 is 0 Å². The fourth-order valence-corrected chi connectivity index (χ4v) is 7.78. The fourth-order valence-electron chi connectivity index (χ4n) is 4.98. The van der Waals surface area contributed by atoms with Crippen molar-refractivity contribution in [3.8, 4) is 5.75 Å². The van der Waals surface area contributed by atoms with Gasteiger partial charge in [-0.1, -0.05) is 64.5 Å². The van der Waals surface area contributed by atoms with Crippen molar-refractivity contribution in [1.82, 2.24) is 4.98 Å². The van der Waals surface area contributed by atoms with Gasteiger partial charge in [-0.3, -0.25) is 19.2 Å². The number of para-hydroxylation sites is 1. The summed E-state index contributed by atoms with van der Waals surface area (Å²) in [7, 11) is 0. The SMILES string of the molecule is O=C(COc1ccccc1[C@@H]1c2sc(=O)[nH]c2S[C@H]2C(=O)N(c3ccc(F)cc3)C(=O)[C@@H]12)Nc1ccc(Cl)c(Cl)c1. The highest BCUT2D eigenvalue weighted by Crippen LogP contribution is 2.54. The van der Waals surface area contributed by atoms with Crippen LogP contribution in [0.5, 0.6) is 5.75 Å². The number of H-pyrrole nitrogens is 1. The van der Waals surface area contributed by atoms with E-state index < -0.39 is 40.6 Å². The van der Waals surface area contributed by atoms with Crippen LogP contribution in [0.3, 0.4) is 0 Å². The number of imide groups is 1. The molecular weight excluding hydrogens is 612 g/mol. The molecule has 6 rings (SSSR count). The first kappa shape index (κ1) is 27.5. The topological polar surface area (TPSA) is 109 Å². The van der Waals surface area contributed by atoms with Crippen LogP contribution in [0.4, 0.5) is 15.8 Å². The summed E-state index contributed by atoms with van der Waals surface area (Å²) < 4.78 is 19.5. The third-order valence-electron chi connectivity index (χ3n) is 6.72. The number of hydrogen-bond donors (Lipinski definition) is 2. The van der Waals surface area contributed by atoms with Crippen LogP contribution in [0.25, 0.3) is 0 Å². The quantitative estimate of drug-likeness (QED) is 0.265. The van der Waals surface area contributed by atoms with Gasteiger partial charge in [-0.25, -0.2) is 9.29 Å². The Morgan fingerprint density at radius 1 is 1.00 bits per heavy atom. The zero-order valence-electron chi connectivity index (χ0n) is 20.7. The van der Waals surface area contributed by atoms with Crippen molar-refractivity contribution < 1.29 is 23.5 Å². The number of aromatic amines is 1. The fraction of sp³-hybridized carbons (Fsp3) is 0.143. The van der Waals surface area contributed by atoms with E-state index in [0.717, 1.165) is 28.0 Å². The molecule has 1 fully saturated rings. The van der Waals surface area contributed by atoms with Gasteiger partial charge < -0.3 is 15.0 Å². The number of amides is 3. The van der Waals surface area contributed by atoms with Gasteiger partial charge in [-0.2, -0.15) is 0 Å². The Labute approximate surface area is 250 Å². The van der Waals surface area contributed by atoms with Gasteiger partial charge in [-0.15, -0.1) is 0 Å². The smallest absolute Gasteiger partial charge is 0.305 e. The van der Waals surface area contributed by atoms with Crippen LogP contribution in [0.15, 0.2) is 76.6 Å². The first-order valence-corrected chi connectivity index (χ1v) is 14.7. The number of thiazole rings is 1. The standard InChI is InChI=1S/C28H18Cl2FN3O5S2/c29-17-10-7-14(11-18(17)30)32-20(35)12-39-19-4-2-1-3-16(19)21-22-24(40-25-23(21)41-28(38)33-25)27(37)34(26(22)36)15-8-5-13(31)6-9-15/h1-11,21-22,24H,12H2,(H,32,35)(H,33,38)/t21-,22-,24+/m0/s1. The van der Waals surface area contributed by atoms with Crippen LogP contribution < -0.4 is 19.8 Å². The molecule has 0 spiro atoms. The number of fused-ring (bicyclic) bond motifs is 2. The van der Waals surface area contributed by atoms with Gasteiger partial charge in [0.05, 0.1) is 26.7 Å². The van der Waals surface area contributed by atoms with E-state index in [0.29, 0.717) is 31.9 Å². The van der Waals surface area contributed by atoms with Crippen molar-refractivity contribution in [1.29, 1.82) is 0 Å². The van der Waals surface area contributed by atoms with E-state index in [1.54, 1.807) is 36.4 Å². The molecule has 41 heavy (non-hydrogen) atoms. The second-order valence-electron chi connectivity index (χ2n) is 9.24.